The number of para-hydroxylation sites is 1. The fourth-order valence-electron chi connectivity index (χ4n) is 3.04. The zero-order valence-electron chi connectivity index (χ0n) is 15.1. The number of H-pyrrole nitrogens is 1. The van der Waals surface area contributed by atoms with E-state index < -0.39 is 5.82 Å². The second-order valence-electron chi connectivity index (χ2n) is 6.34. The molecule has 1 atom stereocenters. The predicted molar refractivity (Wildman–Crippen MR) is 94.6 cm³/mol. The van der Waals surface area contributed by atoms with Gasteiger partial charge in [-0.15, -0.1) is 0 Å². The quantitative estimate of drug-likeness (QED) is 0.785. The van der Waals surface area contributed by atoms with Crippen molar-refractivity contribution in [1.82, 2.24) is 15.1 Å². The number of carbonyl (C=O) groups excluding carboxylic acids is 2. The van der Waals surface area contributed by atoms with E-state index in [0.29, 0.717) is 31.8 Å². The van der Waals surface area contributed by atoms with Crippen molar-refractivity contribution < 1.29 is 23.5 Å². The summed E-state index contributed by atoms with van der Waals surface area (Å²) in [5, 5.41) is 6.76. The summed E-state index contributed by atoms with van der Waals surface area (Å²) in [6, 6.07) is 7.68. The molecule has 3 rings (SSSR count). The van der Waals surface area contributed by atoms with Crippen LogP contribution in [0.25, 0.3) is 0 Å². The van der Waals surface area contributed by atoms with Crippen molar-refractivity contribution in [3.63, 3.8) is 0 Å². The van der Waals surface area contributed by atoms with Crippen LogP contribution >= 0.6 is 0 Å². The molecule has 0 aliphatic carbocycles. The molecule has 2 heterocycles. The summed E-state index contributed by atoms with van der Waals surface area (Å²) in [6.45, 7) is 3.05. The Labute approximate surface area is 156 Å². The standard InChI is InChI=1S/C19H22FN3O4/c1-2-26-19(25)13-6-5-9-23(11-13)18(24)16-10-14(21-22-16)12-27-17-8-4-3-7-15(17)20/h3-4,7-8,10,13H,2,5-6,9,11-12H2,1H3,(H,21,22). The van der Waals surface area contributed by atoms with Crippen LogP contribution in [0, 0.1) is 11.7 Å². The summed E-state index contributed by atoms with van der Waals surface area (Å²) >= 11 is 0. The minimum absolute atomic E-state index is 0.0622. The molecule has 7 nitrogen and oxygen atoms in total. The summed E-state index contributed by atoms with van der Waals surface area (Å²) in [6.07, 6.45) is 1.45. The maximum absolute atomic E-state index is 13.6. The molecule has 1 aliphatic rings. The van der Waals surface area contributed by atoms with Crippen LogP contribution in [-0.2, 0) is 16.1 Å². The number of nitrogens with zero attached hydrogens (tertiary/aromatic N) is 2. The van der Waals surface area contributed by atoms with Crippen LogP contribution in [0.4, 0.5) is 4.39 Å². The van der Waals surface area contributed by atoms with E-state index in [9.17, 15) is 14.0 Å². The Balaban J connectivity index is 1.59. The Morgan fingerprint density at radius 3 is 2.96 bits per heavy atom. The van der Waals surface area contributed by atoms with Crippen molar-refractivity contribution in [2.45, 2.75) is 26.4 Å². The molecule has 0 saturated carbocycles. The number of aromatic nitrogens is 2. The SMILES string of the molecule is CCOC(=O)C1CCCN(C(=O)c2cc(COc3ccccc3F)[nH]n2)C1. The summed E-state index contributed by atoms with van der Waals surface area (Å²) < 4.78 is 24.0. The second kappa shape index (κ2) is 8.66. The maximum Gasteiger partial charge on any atom is 0.310 e. The van der Waals surface area contributed by atoms with Crippen LogP contribution in [-0.4, -0.2) is 46.7 Å². The molecule has 1 aromatic carbocycles. The second-order valence-corrected chi connectivity index (χ2v) is 6.34. The molecule has 1 N–H and O–H groups in total. The monoisotopic (exact) mass is 375 g/mol. The number of carbonyl (C=O) groups is 2. The van der Waals surface area contributed by atoms with Crippen LogP contribution in [0.2, 0.25) is 0 Å². The highest BCUT2D eigenvalue weighted by atomic mass is 19.1. The average Bonchev–Trinajstić information content (AvgIpc) is 3.16. The number of ether oxygens (including phenoxy) is 2. The number of likely N-dealkylation sites (tertiary alicyclic amines) is 1. The van der Waals surface area contributed by atoms with Crippen LogP contribution < -0.4 is 4.74 Å². The number of amides is 1. The Morgan fingerprint density at radius 1 is 1.37 bits per heavy atom. The number of halogens is 1. The van der Waals surface area contributed by atoms with Gasteiger partial charge in [-0.2, -0.15) is 5.10 Å². The molecular formula is C19H22FN3O4. The minimum atomic E-state index is -0.452. The third-order valence-corrected chi connectivity index (χ3v) is 4.40. The molecule has 0 spiro atoms. The van der Waals surface area contributed by atoms with E-state index in [-0.39, 0.29) is 35.8 Å². The van der Waals surface area contributed by atoms with Crippen molar-refractivity contribution in [1.29, 1.82) is 0 Å². The highest BCUT2D eigenvalue weighted by molar-refractivity contribution is 5.92. The van der Waals surface area contributed by atoms with E-state index in [2.05, 4.69) is 10.2 Å². The lowest BCUT2D eigenvalue weighted by molar-refractivity contribution is -0.149. The predicted octanol–water partition coefficient (Wildman–Crippen LogP) is 2.54. The first-order valence-electron chi connectivity index (χ1n) is 8.96. The van der Waals surface area contributed by atoms with Gasteiger partial charge < -0.3 is 14.4 Å². The van der Waals surface area contributed by atoms with Gasteiger partial charge in [-0.1, -0.05) is 12.1 Å². The molecule has 144 valence electrons. The molecule has 1 unspecified atom stereocenters. The molecule has 1 amide bonds. The van der Waals surface area contributed by atoms with Gasteiger partial charge in [0.25, 0.3) is 5.91 Å². The van der Waals surface area contributed by atoms with Gasteiger partial charge in [-0.25, -0.2) is 4.39 Å². The van der Waals surface area contributed by atoms with Crippen LogP contribution in [0.3, 0.4) is 0 Å². The lowest BCUT2D eigenvalue weighted by Gasteiger charge is -2.31. The Morgan fingerprint density at radius 2 is 2.19 bits per heavy atom. The van der Waals surface area contributed by atoms with Gasteiger partial charge in [0.05, 0.1) is 18.2 Å². The molecule has 1 aliphatic heterocycles. The molecule has 0 radical (unpaired) electrons. The summed E-state index contributed by atoms with van der Waals surface area (Å²) in [5.74, 6) is -1.14. The number of benzene rings is 1. The van der Waals surface area contributed by atoms with Crippen molar-refractivity contribution in [2.24, 2.45) is 5.92 Å². The fourth-order valence-corrected chi connectivity index (χ4v) is 3.04. The molecule has 27 heavy (non-hydrogen) atoms. The Hall–Kier alpha value is -2.90. The zero-order valence-corrected chi connectivity index (χ0v) is 15.1. The molecule has 1 aromatic heterocycles. The van der Waals surface area contributed by atoms with Crippen LogP contribution in [0.1, 0.15) is 35.9 Å². The number of hydrogen-bond donors (Lipinski definition) is 1. The summed E-state index contributed by atoms with van der Waals surface area (Å²) in [5.41, 5.74) is 0.798. The summed E-state index contributed by atoms with van der Waals surface area (Å²) in [7, 11) is 0. The number of hydrogen-bond acceptors (Lipinski definition) is 5. The maximum atomic E-state index is 13.6. The molecular weight excluding hydrogens is 353 g/mol. The topological polar surface area (TPSA) is 84.5 Å². The molecule has 0 bridgehead atoms. The molecule has 1 fully saturated rings. The highest BCUT2D eigenvalue weighted by Gasteiger charge is 2.30. The lowest BCUT2D eigenvalue weighted by atomic mass is 9.98. The van der Waals surface area contributed by atoms with Gasteiger partial charge in [0.1, 0.15) is 6.61 Å². The largest absolute Gasteiger partial charge is 0.484 e. The first-order valence-corrected chi connectivity index (χ1v) is 8.96. The normalized spacial score (nSPS) is 16.8. The third-order valence-electron chi connectivity index (χ3n) is 4.40. The van der Waals surface area contributed by atoms with Crippen molar-refractivity contribution in [3.8, 4) is 5.75 Å². The van der Waals surface area contributed by atoms with Gasteiger partial charge >= 0.3 is 5.97 Å². The van der Waals surface area contributed by atoms with Gasteiger partial charge in [0, 0.05) is 13.1 Å². The van der Waals surface area contributed by atoms with Gasteiger partial charge in [0.2, 0.25) is 0 Å². The smallest absolute Gasteiger partial charge is 0.310 e. The van der Waals surface area contributed by atoms with E-state index in [0.717, 1.165) is 6.42 Å². The number of nitrogens with one attached hydrogen (secondary N) is 1. The summed E-state index contributed by atoms with van der Waals surface area (Å²) in [4.78, 5) is 26.2. The third kappa shape index (κ3) is 4.64. The molecule has 1 saturated heterocycles. The lowest BCUT2D eigenvalue weighted by Crippen LogP contribution is -2.43. The molecule has 2 aromatic rings. The Kier molecular flexibility index (Phi) is 6.05. The Bertz CT molecular complexity index is 808. The van der Waals surface area contributed by atoms with Gasteiger partial charge in [-0.3, -0.25) is 14.7 Å². The van der Waals surface area contributed by atoms with Crippen LogP contribution in [0.5, 0.6) is 5.75 Å². The number of aromatic amines is 1. The van der Waals surface area contributed by atoms with E-state index in [4.69, 9.17) is 9.47 Å². The molecule has 8 heteroatoms. The van der Waals surface area contributed by atoms with Gasteiger partial charge in [0.15, 0.2) is 17.3 Å². The van der Waals surface area contributed by atoms with Crippen molar-refractivity contribution in [3.05, 3.63) is 47.5 Å². The number of rotatable bonds is 6. The first kappa shape index (κ1) is 18.9. The van der Waals surface area contributed by atoms with Gasteiger partial charge in [-0.05, 0) is 38.0 Å². The van der Waals surface area contributed by atoms with E-state index in [1.54, 1.807) is 30.0 Å². The van der Waals surface area contributed by atoms with E-state index >= 15 is 0 Å². The van der Waals surface area contributed by atoms with E-state index in [1.165, 1.54) is 12.1 Å². The van der Waals surface area contributed by atoms with Crippen molar-refractivity contribution >= 4 is 11.9 Å². The first-order chi connectivity index (χ1) is 13.1. The zero-order chi connectivity index (χ0) is 19.2. The fraction of sp³-hybridized carbons (Fsp3) is 0.421. The van der Waals surface area contributed by atoms with E-state index in [1.807, 2.05) is 0 Å². The van der Waals surface area contributed by atoms with Crippen LogP contribution in [0.15, 0.2) is 30.3 Å². The van der Waals surface area contributed by atoms with Crippen molar-refractivity contribution in [2.75, 3.05) is 19.7 Å². The number of piperidine rings is 1. The average molecular weight is 375 g/mol. The highest BCUT2D eigenvalue weighted by Crippen LogP contribution is 2.20. The number of esters is 1. The minimum Gasteiger partial charge on any atom is -0.484 e.